The van der Waals surface area contributed by atoms with Crippen LogP contribution < -0.4 is 5.73 Å². The molecule has 3 heteroatoms. The van der Waals surface area contributed by atoms with Crippen LogP contribution in [0.15, 0.2) is 16.7 Å². The van der Waals surface area contributed by atoms with Crippen LogP contribution in [-0.4, -0.2) is 17.8 Å². The molecule has 0 aromatic carbocycles. The lowest BCUT2D eigenvalue weighted by Gasteiger charge is -2.36. The summed E-state index contributed by atoms with van der Waals surface area (Å²) in [5, 5.41) is 9.53. The molecule has 3 nitrogen and oxygen atoms in total. The molecular weight excluding hydrogens is 190 g/mol. The Bertz CT molecular complexity index is 324. The van der Waals surface area contributed by atoms with Gasteiger partial charge < -0.3 is 15.3 Å². The minimum absolute atomic E-state index is 0.0349. The second-order valence-electron chi connectivity index (χ2n) is 4.65. The number of nitrogens with two attached hydrogens (primary N) is 1. The number of hydrogen-bond donors (Lipinski definition) is 2. The van der Waals surface area contributed by atoms with Crippen LogP contribution in [0, 0.1) is 6.92 Å². The predicted molar refractivity (Wildman–Crippen MR) is 58.7 cm³/mol. The molecule has 3 N–H and O–H groups in total. The highest BCUT2D eigenvalue weighted by Crippen LogP contribution is 2.40. The Balaban J connectivity index is 2.26. The van der Waals surface area contributed by atoms with Gasteiger partial charge in [0.25, 0.3) is 0 Å². The Morgan fingerprint density at radius 3 is 2.67 bits per heavy atom. The third kappa shape index (κ3) is 1.82. The SMILES string of the molecule is Cc1ccoc1C1(CN)CCC(O)CC1. The topological polar surface area (TPSA) is 59.4 Å². The second kappa shape index (κ2) is 3.99. The normalized spacial score (nSPS) is 31.8. The number of aliphatic hydroxyl groups is 1. The summed E-state index contributed by atoms with van der Waals surface area (Å²) in [4.78, 5) is 0. The molecule has 0 bridgehead atoms. The molecule has 1 aliphatic carbocycles. The number of hydrogen-bond acceptors (Lipinski definition) is 3. The molecule has 1 aromatic heterocycles. The van der Waals surface area contributed by atoms with E-state index in [1.54, 1.807) is 6.26 Å². The summed E-state index contributed by atoms with van der Waals surface area (Å²) in [7, 11) is 0. The van der Waals surface area contributed by atoms with Crippen molar-refractivity contribution in [3.63, 3.8) is 0 Å². The van der Waals surface area contributed by atoms with Crippen LogP contribution in [0.1, 0.15) is 37.0 Å². The van der Waals surface area contributed by atoms with Crippen molar-refractivity contribution in [2.75, 3.05) is 6.54 Å². The van der Waals surface area contributed by atoms with E-state index >= 15 is 0 Å². The lowest BCUT2D eigenvalue weighted by atomic mass is 9.70. The molecule has 1 saturated carbocycles. The van der Waals surface area contributed by atoms with Crippen LogP contribution >= 0.6 is 0 Å². The Morgan fingerprint density at radius 2 is 2.20 bits per heavy atom. The van der Waals surface area contributed by atoms with E-state index in [-0.39, 0.29) is 11.5 Å². The van der Waals surface area contributed by atoms with Gasteiger partial charge in [0.15, 0.2) is 0 Å². The van der Waals surface area contributed by atoms with Gasteiger partial charge in [-0.1, -0.05) is 0 Å². The zero-order chi connectivity index (χ0) is 10.9. The molecule has 0 aliphatic heterocycles. The summed E-state index contributed by atoms with van der Waals surface area (Å²) in [5.74, 6) is 1.02. The maximum atomic E-state index is 9.53. The smallest absolute Gasteiger partial charge is 0.114 e. The van der Waals surface area contributed by atoms with E-state index < -0.39 is 0 Å². The maximum absolute atomic E-state index is 9.53. The third-order valence-electron chi connectivity index (χ3n) is 3.65. The van der Waals surface area contributed by atoms with E-state index in [1.165, 1.54) is 5.56 Å². The molecule has 1 fully saturated rings. The summed E-state index contributed by atoms with van der Waals surface area (Å²) >= 11 is 0. The molecule has 0 saturated heterocycles. The van der Waals surface area contributed by atoms with Crippen LogP contribution in [0.4, 0.5) is 0 Å². The lowest BCUT2D eigenvalue weighted by Crippen LogP contribution is -2.40. The Morgan fingerprint density at radius 1 is 1.53 bits per heavy atom. The third-order valence-corrected chi connectivity index (χ3v) is 3.65. The van der Waals surface area contributed by atoms with E-state index in [1.807, 2.05) is 6.07 Å². The Kier molecular flexibility index (Phi) is 2.85. The summed E-state index contributed by atoms with van der Waals surface area (Å²) in [6.07, 6.45) is 5.10. The van der Waals surface area contributed by atoms with E-state index in [2.05, 4.69) is 6.92 Å². The van der Waals surface area contributed by atoms with Gasteiger partial charge in [-0.3, -0.25) is 0 Å². The van der Waals surface area contributed by atoms with Crippen LogP contribution in [0.25, 0.3) is 0 Å². The van der Waals surface area contributed by atoms with Crippen molar-refractivity contribution in [1.29, 1.82) is 0 Å². The highest BCUT2D eigenvalue weighted by atomic mass is 16.3. The van der Waals surface area contributed by atoms with Crippen molar-refractivity contribution in [2.24, 2.45) is 5.73 Å². The minimum Gasteiger partial charge on any atom is -0.468 e. The van der Waals surface area contributed by atoms with E-state index in [0.29, 0.717) is 6.54 Å². The van der Waals surface area contributed by atoms with Crippen molar-refractivity contribution < 1.29 is 9.52 Å². The largest absolute Gasteiger partial charge is 0.468 e. The lowest BCUT2D eigenvalue weighted by molar-refractivity contribution is 0.0898. The van der Waals surface area contributed by atoms with Gasteiger partial charge in [0.1, 0.15) is 5.76 Å². The molecule has 0 unspecified atom stereocenters. The molecule has 0 radical (unpaired) electrons. The van der Waals surface area contributed by atoms with Gasteiger partial charge >= 0.3 is 0 Å². The monoisotopic (exact) mass is 209 g/mol. The molecule has 1 aliphatic rings. The van der Waals surface area contributed by atoms with Gasteiger partial charge in [-0.25, -0.2) is 0 Å². The zero-order valence-electron chi connectivity index (χ0n) is 9.20. The molecule has 0 amide bonds. The zero-order valence-corrected chi connectivity index (χ0v) is 9.20. The molecule has 1 heterocycles. The Hall–Kier alpha value is -0.800. The molecule has 0 atom stereocenters. The standard InChI is InChI=1S/C12H19NO2/c1-9-4-7-15-11(9)12(8-13)5-2-10(14)3-6-12/h4,7,10,14H,2-3,5-6,8,13H2,1H3. The summed E-state index contributed by atoms with van der Waals surface area (Å²) < 4.78 is 5.57. The fourth-order valence-electron chi connectivity index (χ4n) is 2.60. The maximum Gasteiger partial charge on any atom is 0.114 e. The first-order valence-electron chi connectivity index (χ1n) is 5.61. The summed E-state index contributed by atoms with van der Waals surface area (Å²) in [6.45, 7) is 2.66. The van der Waals surface area contributed by atoms with Gasteiger partial charge in [-0.15, -0.1) is 0 Å². The Labute approximate surface area is 90.3 Å². The molecule has 1 aromatic rings. The van der Waals surface area contributed by atoms with Gasteiger partial charge in [-0.2, -0.15) is 0 Å². The molecule has 2 rings (SSSR count). The molecular formula is C12H19NO2. The second-order valence-corrected chi connectivity index (χ2v) is 4.65. The van der Waals surface area contributed by atoms with Crippen molar-refractivity contribution in [2.45, 2.75) is 44.1 Å². The minimum atomic E-state index is -0.153. The van der Waals surface area contributed by atoms with Gasteiger partial charge in [0.2, 0.25) is 0 Å². The average molecular weight is 209 g/mol. The molecule has 15 heavy (non-hydrogen) atoms. The summed E-state index contributed by atoms with van der Waals surface area (Å²) in [6, 6.07) is 1.98. The van der Waals surface area contributed by atoms with Crippen molar-refractivity contribution >= 4 is 0 Å². The van der Waals surface area contributed by atoms with Gasteiger partial charge in [0.05, 0.1) is 12.4 Å². The van der Waals surface area contributed by atoms with E-state index in [4.69, 9.17) is 10.2 Å². The van der Waals surface area contributed by atoms with Crippen molar-refractivity contribution in [3.05, 3.63) is 23.7 Å². The van der Waals surface area contributed by atoms with E-state index in [0.717, 1.165) is 31.4 Å². The fourth-order valence-corrected chi connectivity index (χ4v) is 2.60. The molecule has 84 valence electrons. The van der Waals surface area contributed by atoms with E-state index in [9.17, 15) is 5.11 Å². The molecule has 0 spiro atoms. The average Bonchev–Trinajstić information content (AvgIpc) is 2.67. The predicted octanol–water partition coefficient (Wildman–Crippen LogP) is 1.72. The first kappa shape index (κ1) is 10.7. The number of aliphatic hydroxyl groups excluding tert-OH is 1. The highest BCUT2D eigenvalue weighted by Gasteiger charge is 2.38. The highest BCUT2D eigenvalue weighted by molar-refractivity contribution is 5.25. The number of aryl methyl sites for hydroxylation is 1. The van der Waals surface area contributed by atoms with Crippen LogP contribution in [0.5, 0.6) is 0 Å². The van der Waals surface area contributed by atoms with Crippen molar-refractivity contribution in [1.82, 2.24) is 0 Å². The van der Waals surface area contributed by atoms with Crippen LogP contribution in [0.3, 0.4) is 0 Å². The first-order valence-corrected chi connectivity index (χ1v) is 5.61. The quantitative estimate of drug-likeness (QED) is 0.779. The van der Waals surface area contributed by atoms with Gasteiger partial charge in [0, 0.05) is 12.0 Å². The summed E-state index contributed by atoms with van der Waals surface area (Å²) in [5.41, 5.74) is 7.04. The van der Waals surface area contributed by atoms with Crippen molar-refractivity contribution in [3.8, 4) is 0 Å². The van der Waals surface area contributed by atoms with Crippen LogP contribution in [-0.2, 0) is 5.41 Å². The van der Waals surface area contributed by atoms with Crippen LogP contribution in [0.2, 0.25) is 0 Å². The first-order chi connectivity index (χ1) is 7.18. The fraction of sp³-hybridized carbons (Fsp3) is 0.667. The van der Waals surface area contributed by atoms with Gasteiger partial charge in [-0.05, 0) is 44.2 Å². The number of rotatable bonds is 2. The number of furan rings is 1.